The van der Waals surface area contributed by atoms with Crippen molar-refractivity contribution in [2.45, 2.75) is 26.2 Å². The predicted octanol–water partition coefficient (Wildman–Crippen LogP) is 5.11. The van der Waals surface area contributed by atoms with Crippen molar-refractivity contribution in [2.24, 2.45) is 0 Å². The van der Waals surface area contributed by atoms with Gasteiger partial charge in [0.15, 0.2) is 0 Å². The van der Waals surface area contributed by atoms with E-state index in [-0.39, 0.29) is 10.6 Å². The minimum Gasteiger partial charge on any atom is -0.258 e. The summed E-state index contributed by atoms with van der Waals surface area (Å²) in [7, 11) is 0. The second kappa shape index (κ2) is 7.39. The highest BCUT2D eigenvalue weighted by Crippen LogP contribution is 2.15. The Morgan fingerprint density at radius 3 is 1.95 bits per heavy atom. The molecule has 0 saturated carbocycles. The quantitative estimate of drug-likeness (QED) is 0.419. The predicted molar refractivity (Wildman–Crippen MR) is 87.1 cm³/mol. The summed E-state index contributed by atoms with van der Waals surface area (Å²) in [6.07, 6.45) is 7.54. The molecule has 2 aromatic rings. The summed E-state index contributed by atoms with van der Waals surface area (Å²) >= 11 is 0. The fourth-order valence-corrected chi connectivity index (χ4v) is 2.08. The Morgan fingerprint density at radius 2 is 1.48 bits per heavy atom. The van der Waals surface area contributed by atoms with Gasteiger partial charge in [-0.3, -0.25) is 10.1 Å². The smallest absolute Gasteiger partial charge is 0.258 e. The lowest BCUT2D eigenvalue weighted by Crippen LogP contribution is -1.86. The zero-order valence-corrected chi connectivity index (χ0v) is 12.2. The Balaban J connectivity index is 2.01. The molecule has 0 saturated heterocycles. The van der Waals surface area contributed by atoms with E-state index in [1.54, 1.807) is 12.1 Å². The zero-order chi connectivity index (χ0) is 15.1. The van der Waals surface area contributed by atoms with Gasteiger partial charge >= 0.3 is 0 Å². The minimum atomic E-state index is -0.386. The Morgan fingerprint density at radius 1 is 0.952 bits per heavy atom. The molecule has 2 rings (SSSR count). The Kier molecular flexibility index (Phi) is 5.27. The standard InChI is InChI=1S/C18H19NO2/c1-2-3-4-15-5-7-16(8-6-15)9-10-17-11-13-18(14-12-17)19(20)21/h5-14H,2-4H2,1H3/b10-9-. The number of unbranched alkanes of at least 4 members (excludes halogenated alkanes) is 1. The van der Waals surface area contributed by atoms with Crippen molar-refractivity contribution in [1.29, 1.82) is 0 Å². The van der Waals surface area contributed by atoms with Crippen LogP contribution in [0.1, 0.15) is 36.5 Å². The van der Waals surface area contributed by atoms with Crippen LogP contribution < -0.4 is 0 Å². The van der Waals surface area contributed by atoms with Crippen LogP contribution >= 0.6 is 0 Å². The third-order valence-electron chi connectivity index (χ3n) is 3.37. The van der Waals surface area contributed by atoms with Crippen molar-refractivity contribution in [3.05, 3.63) is 75.3 Å². The molecule has 21 heavy (non-hydrogen) atoms. The third kappa shape index (κ3) is 4.56. The van der Waals surface area contributed by atoms with Crippen molar-refractivity contribution in [3.63, 3.8) is 0 Å². The fraction of sp³-hybridized carbons (Fsp3) is 0.222. The van der Waals surface area contributed by atoms with Gasteiger partial charge in [0.1, 0.15) is 0 Å². The van der Waals surface area contributed by atoms with E-state index in [9.17, 15) is 10.1 Å². The topological polar surface area (TPSA) is 43.1 Å². The summed E-state index contributed by atoms with van der Waals surface area (Å²) in [5, 5.41) is 10.6. The lowest BCUT2D eigenvalue weighted by atomic mass is 10.1. The summed E-state index contributed by atoms with van der Waals surface area (Å²) in [5.74, 6) is 0. The maximum Gasteiger partial charge on any atom is 0.269 e. The molecule has 0 radical (unpaired) electrons. The van der Waals surface area contributed by atoms with E-state index >= 15 is 0 Å². The first-order valence-electron chi connectivity index (χ1n) is 7.20. The molecule has 0 aromatic heterocycles. The van der Waals surface area contributed by atoms with Gasteiger partial charge in [-0.1, -0.05) is 49.8 Å². The van der Waals surface area contributed by atoms with Gasteiger partial charge in [0.05, 0.1) is 4.92 Å². The minimum absolute atomic E-state index is 0.118. The van der Waals surface area contributed by atoms with Crippen molar-refractivity contribution < 1.29 is 4.92 Å². The van der Waals surface area contributed by atoms with Crippen LogP contribution in [0.25, 0.3) is 12.2 Å². The number of nitro benzene ring substituents is 1. The molecule has 0 aliphatic rings. The van der Waals surface area contributed by atoms with Crippen molar-refractivity contribution >= 4 is 17.8 Å². The Bertz CT molecular complexity index is 613. The molecule has 0 bridgehead atoms. The lowest BCUT2D eigenvalue weighted by Gasteiger charge is -2.00. The van der Waals surface area contributed by atoms with Gasteiger partial charge < -0.3 is 0 Å². The van der Waals surface area contributed by atoms with Crippen LogP contribution in [0.5, 0.6) is 0 Å². The maximum absolute atomic E-state index is 10.6. The summed E-state index contributed by atoms with van der Waals surface area (Å²) in [5.41, 5.74) is 3.57. The van der Waals surface area contributed by atoms with Crippen LogP contribution in [0.3, 0.4) is 0 Å². The lowest BCUT2D eigenvalue weighted by molar-refractivity contribution is -0.384. The number of non-ortho nitro benzene ring substituents is 1. The molecule has 108 valence electrons. The van der Waals surface area contributed by atoms with E-state index in [4.69, 9.17) is 0 Å². The van der Waals surface area contributed by atoms with Gasteiger partial charge in [-0.05, 0) is 41.7 Å². The van der Waals surface area contributed by atoms with E-state index in [1.165, 1.54) is 30.5 Å². The Hall–Kier alpha value is -2.42. The summed E-state index contributed by atoms with van der Waals surface area (Å²) < 4.78 is 0. The van der Waals surface area contributed by atoms with Gasteiger partial charge in [-0.2, -0.15) is 0 Å². The van der Waals surface area contributed by atoms with Gasteiger partial charge in [0.2, 0.25) is 0 Å². The molecule has 0 aliphatic carbocycles. The van der Waals surface area contributed by atoms with Crippen LogP contribution in [0.4, 0.5) is 5.69 Å². The number of benzene rings is 2. The zero-order valence-electron chi connectivity index (χ0n) is 12.2. The molecule has 3 nitrogen and oxygen atoms in total. The highest BCUT2D eigenvalue weighted by Gasteiger charge is 2.02. The van der Waals surface area contributed by atoms with Gasteiger partial charge in [-0.15, -0.1) is 0 Å². The highest BCUT2D eigenvalue weighted by atomic mass is 16.6. The molecule has 0 spiro atoms. The Labute approximate surface area is 125 Å². The van der Waals surface area contributed by atoms with Crippen LogP contribution in [-0.2, 0) is 6.42 Å². The molecule has 0 unspecified atom stereocenters. The SMILES string of the molecule is CCCCc1ccc(/C=C\c2ccc([N+](=O)[O-])cc2)cc1. The second-order valence-electron chi connectivity index (χ2n) is 5.03. The van der Waals surface area contributed by atoms with E-state index in [0.29, 0.717) is 0 Å². The van der Waals surface area contributed by atoms with E-state index in [2.05, 4.69) is 31.2 Å². The van der Waals surface area contributed by atoms with Crippen LogP contribution in [-0.4, -0.2) is 4.92 Å². The maximum atomic E-state index is 10.6. The fourth-order valence-electron chi connectivity index (χ4n) is 2.08. The summed E-state index contributed by atoms with van der Waals surface area (Å²) in [6.45, 7) is 2.20. The normalized spacial score (nSPS) is 10.9. The number of nitrogens with zero attached hydrogens (tertiary/aromatic N) is 1. The molecule has 0 heterocycles. The molecule has 0 aliphatic heterocycles. The van der Waals surface area contributed by atoms with Crippen LogP contribution in [0.15, 0.2) is 48.5 Å². The van der Waals surface area contributed by atoms with E-state index in [1.807, 2.05) is 12.2 Å². The van der Waals surface area contributed by atoms with Crippen LogP contribution in [0.2, 0.25) is 0 Å². The number of nitro groups is 1. The van der Waals surface area contributed by atoms with Gasteiger partial charge in [0, 0.05) is 12.1 Å². The molecule has 3 heteroatoms. The van der Waals surface area contributed by atoms with E-state index in [0.717, 1.165) is 17.5 Å². The third-order valence-corrected chi connectivity index (χ3v) is 3.37. The van der Waals surface area contributed by atoms with E-state index < -0.39 is 0 Å². The number of hydrogen-bond donors (Lipinski definition) is 0. The van der Waals surface area contributed by atoms with Crippen LogP contribution in [0, 0.1) is 10.1 Å². The number of rotatable bonds is 6. The molecule has 0 N–H and O–H groups in total. The summed E-state index contributed by atoms with van der Waals surface area (Å²) in [6, 6.07) is 15.1. The molecule has 0 atom stereocenters. The molecular weight excluding hydrogens is 262 g/mol. The molecule has 0 amide bonds. The average Bonchev–Trinajstić information content (AvgIpc) is 2.52. The van der Waals surface area contributed by atoms with Crippen molar-refractivity contribution in [1.82, 2.24) is 0 Å². The average molecular weight is 281 g/mol. The first-order valence-corrected chi connectivity index (χ1v) is 7.20. The molecular formula is C18H19NO2. The summed E-state index contributed by atoms with van der Waals surface area (Å²) in [4.78, 5) is 10.2. The second-order valence-corrected chi connectivity index (χ2v) is 5.03. The first-order chi connectivity index (χ1) is 10.2. The molecule has 2 aromatic carbocycles. The van der Waals surface area contributed by atoms with Gasteiger partial charge in [-0.25, -0.2) is 0 Å². The highest BCUT2D eigenvalue weighted by molar-refractivity contribution is 5.70. The molecule has 0 fully saturated rings. The number of hydrogen-bond acceptors (Lipinski definition) is 2. The first kappa shape index (κ1) is 15.0. The van der Waals surface area contributed by atoms with Crippen molar-refractivity contribution in [3.8, 4) is 0 Å². The largest absolute Gasteiger partial charge is 0.269 e. The van der Waals surface area contributed by atoms with Gasteiger partial charge in [0.25, 0.3) is 5.69 Å². The van der Waals surface area contributed by atoms with Crippen molar-refractivity contribution in [2.75, 3.05) is 0 Å². The number of aryl methyl sites for hydroxylation is 1. The monoisotopic (exact) mass is 281 g/mol.